The lowest BCUT2D eigenvalue weighted by molar-refractivity contribution is -0.149. The molecule has 1 aliphatic rings. The predicted octanol–water partition coefficient (Wildman–Crippen LogP) is 0.794. The number of carbonyl (C=O) groups excluding carboxylic acids is 1. The summed E-state index contributed by atoms with van der Waals surface area (Å²) in [6.07, 6.45) is 2.81. The van der Waals surface area contributed by atoms with Gasteiger partial charge in [0.25, 0.3) is 0 Å². The van der Waals surface area contributed by atoms with Crippen molar-refractivity contribution in [2.45, 2.75) is 18.9 Å². The summed E-state index contributed by atoms with van der Waals surface area (Å²) in [5, 5.41) is 8.92. The third-order valence-electron chi connectivity index (χ3n) is 2.62. The van der Waals surface area contributed by atoms with Gasteiger partial charge in [-0.3, -0.25) is 4.79 Å². The minimum absolute atomic E-state index is 0.176. The van der Waals surface area contributed by atoms with E-state index in [0.717, 1.165) is 6.42 Å². The molecular weight excluding hydrogens is 214 g/mol. The molecule has 1 heterocycles. The number of amides is 1. The van der Waals surface area contributed by atoms with Crippen LogP contribution in [0.1, 0.15) is 12.8 Å². The molecule has 4 nitrogen and oxygen atoms in total. The van der Waals surface area contributed by atoms with Gasteiger partial charge in [0.05, 0.1) is 5.92 Å². The Labute approximate surface area is 94.4 Å². The van der Waals surface area contributed by atoms with Crippen LogP contribution in [0.15, 0.2) is 12.7 Å². The molecule has 0 spiro atoms. The van der Waals surface area contributed by atoms with Crippen molar-refractivity contribution in [3.05, 3.63) is 12.7 Å². The number of carboxylic acids is 1. The molecule has 0 unspecified atom stereocenters. The minimum atomic E-state index is -0.928. The third kappa shape index (κ3) is 2.53. The fourth-order valence-corrected chi connectivity index (χ4v) is 2.06. The Hall–Kier alpha value is -0.970. The van der Waals surface area contributed by atoms with Crippen LogP contribution in [0.25, 0.3) is 0 Å². The number of likely N-dealkylation sites (tertiary alicyclic amines) is 1. The van der Waals surface area contributed by atoms with Gasteiger partial charge in [-0.15, -0.1) is 6.58 Å². The molecule has 0 bridgehead atoms. The van der Waals surface area contributed by atoms with Gasteiger partial charge < -0.3 is 10.0 Å². The number of hydrogen-bond acceptors (Lipinski definition) is 3. The normalized spacial score (nSPS) is 22.5. The molecule has 1 rings (SSSR count). The molecule has 1 fully saturated rings. The zero-order chi connectivity index (χ0) is 11.4. The lowest BCUT2D eigenvalue weighted by atomic mass is 10.1. The Morgan fingerprint density at radius 3 is 2.80 bits per heavy atom. The zero-order valence-corrected chi connectivity index (χ0v) is 9.32. The van der Waals surface area contributed by atoms with Crippen LogP contribution in [-0.4, -0.2) is 40.2 Å². The SMILES string of the molecule is C=C[C@H](CS)C(=O)N1CCC[C@H]1C(=O)O. The highest BCUT2D eigenvalue weighted by Gasteiger charge is 2.35. The monoisotopic (exact) mass is 229 g/mol. The van der Waals surface area contributed by atoms with Gasteiger partial charge in [0.2, 0.25) is 5.91 Å². The summed E-state index contributed by atoms with van der Waals surface area (Å²) in [4.78, 5) is 24.2. The summed E-state index contributed by atoms with van der Waals surface area (Å²) in [6, 6.07) is -0.667. The van der Waals surface area contributed by atoms with E-state index in [4.69, 9.17) is 5.11 Å². The Morgan fingerprint density at radius 2 is 2.33 bits per heavy atom. The fourth-order valence-electron chi connectivity index (χ4n) is 1.75. The van der Waals surface area contributed by atoms with Gasteiger partial charge in [0.15, 0.2) is 0 Å². The first kappa shape index (κ1) is 12.1. The van der Waals surface area contributed by atoms with E-state index in [0.29, 0.717) is 18.7 Å². The maximum Gasteiger partial charge on any atom is 0.326 e. The van der Waals surface area contributed by atoms with Crippen LogP contribution in [0.2, 0.25) is 0 Å². The first-order valence-corrected chi connectivity index (χ1v) is 5.51. The van der Waals surface area contributed by atoms with Crippen LogP contribution in [0.3, 0.4) is 0 Å². The molecule has 1 amide bonds. The third-order valence-corrected chi connectivity index (χ3v) is 3.01. The van der Waals surface area contributed by atoms with E-state index in [1.807, 2.05) is 0 Å². The Morgan fingerprint density at radius 1 is 1.67 bits per heavy atom. The summed E-state index contributed by atoms with van der Waals surface area (Å²) in [5.74, 6) is -1.12. The lowest BCUT2D eigenvalue weighted by Gasteiger charge is -2.24. The Kier molecular flexibility index (Phi) is 4.20. The van der Waals surface area contributed by atoms with Gasteiger partial charge in [-0.05, 0) is 12.8 Å². The molecule has 5 heteroatoms. The maximum atomic E-state index is 11.9. The van der Waals surface area contributed by atoms with Gasteiger partial charge >= 0.3 is 5.97 Å². The van der Waals surface area contributed by atoms with Crippen molar-refractivity contribution in [3.8, 4) is 0 Å². The van der Waals surface area contributed by atoms with Crippen molar-refractivity contribution in [3.63, 3.8) is 0 Å². The van der Waals surface area contributed by atoms with Crippen molar-refractivity contribution >= 4 is 24.5 Å². The molecule has 84 valence electrons. The molecule has 0 radical (unpaired) electrons. The van der Waals surface area contributed by atoms with E-state index in [9.17, 15) is 9.59 Å². The Balaban J connectivity index is 2.73. The molecule has 1 N–H and O–H groups in total. The van der Waals surface area contributed by atoms with Crippen molar-refractivity contribution in [2.75, 3.05) is 12.3 Å². The van der Waals surface area contributed by atoms with Crippen LogP contribution in [0.5, 0.6) is 0 Å². The molecular formula is C10H15NO3S. The maximum absolute atomic E-state index is 11.9. The van der Waals surface area contributed by atoms with Gasteiger partial charge in [0.1, 0.15) is 6.04 Å². The van der Waals surface area contributed by atoms with E-state index in [1.54, 1.807) is 0 Å². The van der Waals surface area contributed by atoms with E-state index in [-0.39, 0.29) is 11.8 Å². The highest BCUT2D eigenvalue weighted by atomic mass is 32.1. The molecule has 0 aliphatic carbocycles. The zero-order valence-electron chi connectivity index (χ0n) is 8.43. The van der Waals surface area contributed by atoms with Gasteiger partial charge in [-0.2, -0.15) is 12.6 Å². The number of aliphatic carboxylic acids is 1. The van der Waals surface area contributed by atoms with Crippen LogP contribution < -0.4 is 0 Å². The second kappa shape index (κ2) is 5.21. The van der Waals surface area contributed by atoms with E-state index in [1.165, 1.54) is 11.0 Å². The van der Waals surface area contributed by atoms with E-state index < -0.39 is 12.0 Å². The van der Waals surface area contributed by atoms with Crippen LogP contribution in [-0.2, 0) is 9.59 Å². The summed E-state index contributed by atoms with van der Waals surface area (Å²) >= 11 is 4.04. The average Bonchev–Trinajstić information content (AvgIpc) is 2.67. The van der Waals surface area contributed by atoms with Gasteiger partial charge in [-0.25, -0.2) is 4.79 Å². The summed E-state index contributed by atoms with van der Waals surface area (Å²) < 4.78 is 0. The fraction of sp³-hybridized carbons (Fsp3) is 0.600. The molecule has 0 aromatic rings. The van der Waals surface area contributed by atoms with Gasteiger partial charge in [0, 0.05) is 12.3 Å². The number of carbonyl (C=O) groups is 2. The molecule has 2 atom stereocenters. The summed E-state index contributed by atoms with van der Waals surface area (Å²) in [6.45, 7) is 4.07. The molecule has 0 aromatic carbocycles. The number of carboxylic acid groups (broad SMARTS) is 1. The number of rotatable bonds is 4. The van der Waals surface area contributed by atoms with Crippen LogP contribution >= 0.6 is 12.6 Å². The van der Waals surface area contributed by atoms with Gasteiger partial charge in [-0.1, -0.05) is 6.08 Å². The standard InChI is InChI=1S/C10H15NO3S/c1-2-7(6-15)9(12)11-5-3-4-8(11)10(13)14/h2,7-8,15H,1,3-6H2,(H,13,14)/t7-,8+/m1/s1. The second-order valence-corrected chi connectivity index (χ2v) is 3.92. The smallest absolute Gasteiger partial charge is 0.326 e. The molecule has 0 saturated carbocycles. The molecule has 1 aliphatic heterocycles. The number of hydrogen-bond donors (Lipinski definition) is 2. The van der Waals surface area contributed by atoms with Crippen molar-refractivity contribution in [1.82, 2.24) is 4.90 Å². The first-order chi connectivity index (χ1) is 7.11. The first-order valence-electron chi connectivity index (χ1n) is 4.88. The summed E-state index contributed by atoms with van der Waals surface area (Å²) in [5.41, 5.74) is 0. The molecule has 1 saturated heterocycles. The molecule has 15 heavy (non-hydrogen) atoms. The highest BCUT2D eigenvalue weighted by Crippen LogP contribution is 2.20. The van der Waals surface area contributed by atoms with E-state index in [2.05, 4.69) is 19.2 Å². The van der Waals surface area contributed by atoms with Crippen LogP contribution in [0, 0.1) is 5.92 Å². The summed E-state index contributed by atoms with van der Waals surface area (Å²) in [7, 11) is 0. The largest absolute Gasteiger partial charge is 0.480 e. The number of thiol groups is 1. The molecule has 0 aromatic heterocycles. The number of nitrogens with zero attached hydrogens (tertiary/aromatic N) is 1. The lowest BCUT2D eigenvalue weighted by Crippen LogP contribution is -2.43. The highest BCUT2D eigenvalue weighted by molar-refractivity contribution is 7.80. The Bertz CT molecular complexity index is 280. The topological polar surface area (TPSA) is 57.6 Å². The average molecular weight is 229 g/mol. The van der Waals surface area contributed by atoms with Crippen molar-refractivity contribution < 1.29 is 14.7 Å². The van der Waals surface area contributed by atoms with Crippen molar-refractivity contribution in [2.24, 2.45) is 5.92 Å². The second-order valence-electron chi connectivity index (χ2n) is 3.55. The minimum Gasteiger partial charge on any atom is -0.480 e. The van der Waals surface area contributed by atoms with E-state index >= 15 is 0 Å². The van der Waals surface area contributed by atoms with Crippen LogP contribution in [0.4, 0.5) is 0 Å². The quantitative estimate of drug-likeness (QED) is 0.553. The predicted molar refractivity (Wildman–Crippen MR) is 59.9 cm³/mol. The van der Waals surface area contributed by atoms with Crippen molar-refractivity contribution in [1.29, 1.82) is 0 Å².